The summed E-state index contributed by atoms with van der Waals surface area (Å²) in [5.74, 6) is -0.231. The smallest absolute Gasteiger partial charge is 0.302 e. The van der Waals surface area contributed by atoms with Gasteiger partial charge in [0.15, 0.2) is 0 Å². The van der Waals surface area contributed by atoms with Crippen molar-refractivity contribution in [1.29, 1.82) is 0 Å². The number of hydrogen-bond acceptors (Lipinski definition) is 3. The number of esters is 1. The summed E-state index contributed by atoms with van der Waals surface area (Å²) >= 11 is 0. The summed E-state index contributed by atoms with van der Waals surface area (Å²) in [7, 11) is 0. The van der Waals surface area contributed by atoms with E-state index in [0.717, 1.165) is 12.8 Å². The molecule has 0 aliphatic carbocycles. The Balaban J connectivity index is 2.18. The predicted octanol–water partition coefficient (Wildman–Crippen LogP) is 2.45. The fourth-order valence-electron chi connectivity index (χ4n) is 1.48. The molecule has 0 bridgehead atoms. The minimum Gasteiger partial charge on any atom is -0.462 e. The lowest BCUT2D eigenvalue weighted by Crippen LogP contribution is -2.07. The number of allylic oxidation sites excluding steroid dienone is 1. The fourth-order valence-corrected chi connectivity index (χ4v) is 1.48. The molecule has 0 aromatic heterocycles. The minimum atomic E-state index is -0.231. The van der Waals surface area contributed by atoms with Crippen LogP contribution < -0.4 is 0 Å². The van der Waals surface area contributed by atoms with Crippen LogP contribution >= 0.6 is 0 Å². The molecule has 3 heteroatoms. The zero-order valence-electron chi connectivity index (χ0n) is 10.0. The monoisotopic (exact) mass is 212 g/mol. The van der Waals surface area contributed by atoms with Gasteiger partial charge in [-0.2, -0.15) is 0 Å². The van der Waals surface area contributed by atoms with E-state index >= 15 is 0 Å². The molecular formula is C12H20O3. The minimum absolute atomic E-state index is 0.0799. The van der Waals surface area contributed by atoms with Crippen LogP contribution in [0.2, 0.25) is 0 Å². The van der Waals surface area contributed by atoms with E-state index in [0.29, 0.717) is 12.7 Å². The van der Waals surface area contributed by atoms with Crippen LogP contribution in [0.3, 0.4) is 0 Å². The SMILES string of the molecule is CC(=O)OCC=C(C)CCC1(C)OC1C. The van der Waals surface area contributed by atoms with E-state index in [1.165, 1.54) is 12.5 Å². The van der Waals surface area contributed by atoms with Crippen LogP contribution in [0, 0.1) is 0 Å². The van der Waals surface area contributed by atoms with Gasteiger partial charge in [0.2, 0.25) is 0 Å². The van der Waals surface area contributed by atoms with Crippen LogP contribution in [0.4, 0.5) is 0 Å². The normalized spacial score (nSPS) is 30.1. The van der Waals surface area contributed by atoms with Crippen molar-refractivity contribution in [3.05, 3.63) is 11.6 Å². The Morgan fingerprint density at radius 1 is 1.53 bits per heavy atom. The molecule has 3 nitrogen and oxygen atoms in total. The average Bonchev–Trinajstić information content (AvgIpc) is 2.71. The Kier molecular flexibility index (Phi) is 3.91. The highest BCUT2D eigenvalue weighted by molar-refractivity contribution is 5.66. The van der Waals surface area contributed by atoms with Gasteiger partial charge in [0.25, 0.3) is 0 Å². The summed E-state index contributed by atoms with van der Waals surface area (Å²) < 4.78 is 10.3. The standard InChI is InChI=1S/C12H20O3/c1-9(6-8-14-11(3)13)5-7-12(4)10(2)15-12/h6,10H,5,7-8H2,1-4H3. The molecule has 0 aromatic carbocycles. The second-order valence-electron chi connectivity index (χ2n) is 4.43. The van der Waals surface area contributed by atoms with Crippen molar-refractivity contribution in [3.8, 4) is 0 Å². The molecule has 0 aromatic rings. The lowest BCUT2D eigenvalue weighted by atomic mass is 9.99. The van der Waals surface area contributed by atoms with Crippen LogP contribution in [0.25, 0.3) is 0 Å². The third-order valence-corrected chi connectivity index (χ3v) is 2.98. The zero-order chi connectivity index (χ0) is 11.5. The summed E-state index contributed by atoms with van der Waals surface area (Å²) in [5, 5.41) is 0. The molecule has 1 fully saturated rings. The van der Waals surface area contributed by atoms with Crippen LogP contribution in [0.5, 0.6) is 0 Å². The maximum Gasteiger partial charge on any atom is 0.302 e. The van der Waals surface area contributed by atoms with Crippen LogP contribution in [-0.2, 0) is 14.3 Å². The van der Waals surface area contributed by atoms with Crippen molar-refractivity contribution in [1.82, 2.24) is 0 Å². The third-order valence-electron chi connectivity index (χ3n) is 2.98. The first kappa shape index (κ1) is 12.2. The maximum absolute atomic E-state index is 10.5. The lowest BCUT2D eigenvalue weighted by Gasteiger charge is -2.06. The van der Waals surface area contributed by atoms with Crippen LogP contribution in [0.15, 0.2) is 11.6 Å². The van der Waals surface area contributed by atoms with Crippen molar-refractivity contribution in [2.24, 2.45) is 0 Å². The fraction of sp³-hybridized carbons (Fsp3) is 0.750. The van der Waals surface area contributed by atoms with Crippen LogP contribution in [0.1, 0.15) is 40.5 Å². The first-order valence-corrected chi connectivity index (χ1v) is 5.41. The average molecular weight is 212 g/mol. The molecule has 2 atom stereocenters. The van der Waals surface area contributed by atoms with Gasteiger partial charge >= 0.3 is 5.97 Å². The highest BCUT2D eigenvalue weighted by atomic mass is 16.6. The van der Waals surface area contributed by atoms with Crippen molar-refractivity contribution >= 4 is 5.97 Å². The van der Waals surface area contributed by atoms with E-state index < -0.39 is 0 Å². The number of epoxide rings is 1. The van der Waals surface area contributed by atoms with Gasteiger partial charge in [-0.25, -0.2) is 0 Å². The molecular weight excluding hydrogens is 192 g/mol. The number of rotatable bonds is 5. The van der Waals surface area contributed by atoms with Gasteiger partial charge in [0.05, 0.1) is 11.7 Å². The van der Waals surface area contributed by atoms with Crippen molar-refractivity contribution in [2.45, 2.75) is 52.2 Å². The van der Waals surface area contributed by atoms with Gasteiger partial charge in [-0.15, -0.1) is 0 Å². The highest BCUT2D eigenvalue weighted by Crippen LogP contribution is 2.40. The molecule has 1 heterocycles. The molecule has 0 N–H and O–H groups in total. The third kappa shape index (κ3) is 4.04. The van der Waals surface area contributed by atoms with E-state index in [1.807, 2.05) is 6.08 Å². The number of carbonyl (C=O) groups is 1. The molecule has 86 valence electrons. The first-order chi connectivity index (χ1) is 6.94. The van der Waals surface area contributed by atoms with E-state index in [2.05, 4.69) is 20.8 Å². The second-order valence-corrected chi connectivity index (χ2v) is 4.43. The second kappa shape index (κ2) is 4.79. The summed E-state index contributed by atoms with van der Waals surface area (Å²) in [4.78, 5) is 10.5. The highest BCUT2D eigenvalue weighted by Gasteiger charge is 2.47. The molecule has 0 saturated carbocycles. The van der Waals surface area contributed by atoms with E-state index in [-0.39, 0.29) is 11.6 Å². The van der Waals surface area contributed by atoms with E-state index in [9.17, 15) is 4.79 Å². The first-order valence-electron chi connectivity index (χ1n) is 5.41. The summed E-state index contributed by atoms with van der Waals surface area (Å²) in [6.07, 6.45) is 4.38. The van der Waals surface area contributed by atoms with E-state index in [4.69, 9.17) is 9.47 Å². The van der Waals surface area contributed by atoms with E-state index in [1.54, 1.807) is 0 Å². The topological polar surface area (TPSA) is 38.8 Å². The van der Waals surface area contributed by atoms with Gasteiger partial charge in [-0.05, 0) is 39.7 Å². The molecule has 0 spiro atoms. The van der Waals surface area contributed by atoms with Crippen LogP contribution in [-0.4, -0.2) is 24.3 Å². The number of ether oxygens (including phenoxy) is 2. The predicted molar refractivity (Wildman–Crippen MR) is 58.6 cm³/mol. The molecule has 1 saturated heterocycles. The van der Waals surface area contributed by atoms with Gasteiger partial charge in [-0.3, -0.25) is 4.79 Å². The summed E-state index contributed by atoms with van der Waals surface area (Å²) in [6, 6.07) is 0. The lowest BCUT2D eigenvalue weighted by molar-refractivity contribution is -0.139. The molecule has 0 radical (unpaired) electrons. The van der Waals surface area contributed by atoms with Gasteiger partial charge in [0, 0.05) is 6.92 Å². The van der Waals surface area contributed by atoms with Gasteiger partial charge in [0.1, 0.15) is 6.61 Å². The molecule has 2 unspecified atom stereocenters. The van der Waals surface area contributed by atoms with Crippen molar-refractivity contribution in [2.75, 3.05) is 6.61 Å². The Morgan fingerprint density at radius 3 is 2.60 bits per heavy atom. The molecule has 1 aliphatic heterocycles. The maximum atomic E-state index is 10.5. The van der Waals surface area contributed by atoms with Gasteiger partial charge < -0.3 is 9.47 Å². The number of hydrogen-bond donors (Lipinski definition) is 0. The molecule has 15 heavy (non-hydrogen) atoms. The largest absolute Gasteiger partial charge is 0.462 e. The summed E-state index contributed by atoms with van der Waals surface area (Å²) in [5.41, 5.74) is 1.33. The Labute approximate surface area is 91.4 Å². The van der Waals surface area contributed by atoms with Crippen molar-refractivity contribution < 1.29 is 14.3 Å². The van der Waals surface area contributed by atoms with Crippen molar-refractivity contribution in [3.63, 3.8) is 0 Å². The molecule has 1 rings (SSSR count). The molecule has 1 aliphatic rings. The Hall–Kier alpha value is -0.830. The Morgan fingerprint density at radius 2 is 2.13 bits per heavy atom. The van der Waals surface area contributed by atoms with Gasteiger partial charge in [-0.1, -0.05) is 5.57 Å². The Bertz CT molecular complexity index is 270. The number of carbonyl (C=O) groups excluding carboxylic acids is 1. The quantitative estimate of drug-likeness (QED) is 0.399. The molecule has 0 amide bonds. The summed E-state index contributed by atoms with van der Waals surface area (Å²) in [6.45, 7) is 8.09. The zero-order valence-corrected chi connectivity index (χ0v) is 10.0.